The molecule has 0 spiro atoms. The quantitative estimate of drug-likeness (QED) is 0.371. The summed E-state index contributed by atoms with van der Waals surface area (Å²) in [6.45, 7) is 3.98. The molecule has 0 bridgehead atoms. The summed E-state index contributed by atoms with van der Waals surface area (Å²) >= 11 is 0. The van der Waals surface area contributed by atoms with Gasteiger partial charge in [0.2, 0.25) is 0 Å². The van der Waals surface area contributed by atoms with Gasteiger partial charge in [-0.25, -0.2) is 4.98 Å². The maximum atomic E-state index is 13.4. The van der Waals surface area contributed by atoms with Crippen LogP contribution >= 0.6 is 0 Å². The maximum Gasteiger partial charge on any atom is 0.257 e. The number of likely N-dealkylation sites (N-methyl/N-ethyl adjacent to an activating group) is 1. The molecule has 0 atom stereocenters. The molecule has 0 saturated heterocycles. The lowest BCUT2D eigenvalue weighted by Gasteiger charge is -2.25. The van der Waals surface area contributed by atoms with Crippen LogP contribution in [-0.4, -0.2) is 47.9 Å². The van der Waals surface area contributed by atoms with E-state index in [1.807, 2.05) is 19.0 Å². The molecule has 4 aromatic rings. The summed E-state index contributed by atoms with van der Waals surface area (Å²) in [6.07, 6.45) is 6.54. The standard InChI is InChI=1S/C29H31N3O2/c1-20-6-4-9-23(14-20)28-26(16-25-15-21-7-5-8-22(21)17-27(25)30-28)18-32(12-11-31(2)3)29(33)24-10-13-34-19-24/h4,6,9-10,13-17,19H,5,7-8,11-12,18H2,1-3H3. The smallest absolute Gasteiger partial charge is 0.257 e. The van der Waals surface area contributed by atoms with Crippen molar-refractivity contribution >= 4 is 16.8 Å². The molecule has 5 rings (SSSR count). The molecular formula is C29H31N3O2. The predicted octanol–water partition coefficient (Wildman–Crippen LogP) is 5.50. The Morgan fingerprint density at radius 2 is 1.85 bits per heavy atom. The van der Waals surface area contributed by atoms with Crippen molar-refractivity contribution in [3.05, 3.63) is 88.9 Å². The van der Waals surface area contributed by atoms with Gasteiger partial charge in [0.15, 0.2) is 0 Å². The van der Waals surface area contributed by atoms with E-state index < -0.39 is 0 Å². The highest BCUT2D eigenvalue weighted by Gasteiger charge is 2.21. The first kappa shape index (κ1) is 22.4. The number of nitrogens with zero attached hydrogens (tertiary/aromatic N) is 3. The van der Waals surface area contributed by atoms with E-state index in [1.165, 1.54) is 29.4 Å². The summed E-state index contributed by atoms with van der Waals surface area (Å²) < 4.78 is 5.20. The van der Waals surface area contributed by atoms with Gasteiger partial charge in [-0.2, -0.15) is 0 Å². The Morgan fingerprint density at radius 3 is 2.59 bits per heavy atom. The number of hydrogen-bond donors (Lipinski definition) is 0. The summed E-state index contributed by atoms with van der Waals surface area (Å²) in [6, 6.07) is 17.0. The zero-order valence-corrected chi connectivity index (χ0v) is 20.2. The first-order chi connectivity index (χ1) is 16.5. The van der Waals surface area contributed by atoms with Crippen LogP contribution in [0.3, 0.4) is 0 Å². The minimum atomic E-state index is -0.0279. The summed E-state index contributed by atoms with van der Waals surface area (Å²) in [5, 5.41) is 1.15. The van der Waals surface area contributed by atoms with Crippen LogP contribution in [0.25, 0.3) is 22.2 Å². The fourth-order valence-electron chi connectivity index (χ4n) is 4.80. The minimum Gasteiger partial charge on any atom is -0.472 e. The second-order valence-electron chi connectivity index (χ2n) is 9.57. The minimum absolute atomic E-state index is 0.0279. The average Bonchev–Trinajstić information content (AvgIpc) is 3.51. The zero-order valence-electron chi connectivity index (χ0n) is 20.2. The molecule has 2 aromatic carbocycles. The van der Waals surface area contributed by atoms with E-state index in [0.29, 0.717) is 18.7 Å². The zero-order chi connectivity index (χ0) is 23.7. The molecule has 0 saturated carbocycles. The largest absolute Gasteiger partial charge is 0.472 e. The Balaban J connectivity index is 1.60. The van der Waals surface area contributed by atoms with E-state index >= 15 is 0 Å². The monoisotopic (exact) mass is 453 g/mol. The van der Waals surface area contributed by atoms with Crippen molar-refractivity contribution in [1.29, 1.82) is 0 Å². The number of aryl methyl sites for hydroxylation is 3. The normalized spacial score (nSPS) is 12.9. The molecular weight excluding hydrogens is 422 g/mol. The van der Waals surface area contributed by atoms with Crippen LogP contribution in [-0.2, 0) is 19.4 Å². The number of hydrogen-bond acceptors (Lipinski definition) is 4. The molecule has 0 fully saturated rings. The first-order valence-corrected chi connectivity index (χ1v) is 12.0. The highest BCUT2D eigenvalue weighted by molar-refractivity contribution is 5.94. The molecule has 5 nitrogen and oxygen atoms in total. The summed E-state index contributed by atoms with van der Waals surface area (Å²) in [5.41, 5.74) is 8.74. The number of furan rings is 1. The Labute approximate surface area is 201 Å². The fourth-order valence-corrected chi connectivity index (χ4v) is 4.80. The second-order valence-corrected chi connectivity index (χ2v) is 9.57. The van der Waals surface area contributed by atoms with Gasteiger partial charge in [0.05, 0.1) is 23.0 Å². The molecule has 2 heterocycles. The molecule has 174 valence electrons. The van der Waals surface area contributed by atoms with Gasteiger partial charge in [0, 0.05) is 30.6 Å². The molecule has 5 heteroatoms. The van der Waals surface area contributed by atoms with Crippen LogP contribution in [0.4, 0.5) is 0 Å². The molecule has 2 aromatic heterocycles. The number of fused-ring (bicyclic) bond motifs is 2. The molecule has 34 heavy (non-hydrogen) atoms. The van der Waals surface area contributed by atoms with Crippen LogP contribution in [0, 0.1) is 6.92 Å². The van der Waals surface area contributed by atoms with E-state index in [1.54, 1.807) is 12.3 Å². The molecule has 1 aliphatic rings. The van der Waals surface area contributed by atoms with Crippen molar-refractivity contribution in [2.75, 3.05) is 27.2 Å². The van der Waals surface area contributed by atoms with E-state index in [9.17, 15) is 4.79 Å². The number of carbonyl (C=O) groups excluding carboxylic acids is 1. The second kappa shape index (κ2) is 9.43. The lowest BCUT2D eigenvalue weighted by atomic mass is 9.99. The fraction of sp³-hybridized carbons (Fsp3) is 0.310. The highest BCUT2D eigenvalue weighted by atomic mass is 16.3. The van der Waals surface area contributed by atoms with Crippen molar-refractivity contribution in [2.45, 2.75) is 32.7 Å². The third kappa shape index (κ3) is 4.62. The van der Waals surface area contributed by atoms with Crippen LogP contribution in [0.5, 0.6) is 0 Å². The Bertz CT molecular complexity index is 1320. The molecule has 0 radical (unpaired) electrons. The van der Waals surface area contributed by atoms with Crippen molar-refractivity contribution in [3.63, 3.8) is 0 Å². The van der Waals surface area contributed by atoms with E-state index in [4.69, 9.17) is 9.40 Å². The third-order valence-corrected chi connectivity index (χ3v) is 6.63. The van der Waals surface area contributed by atoms with Gasteiger partial charge in [-0.05, 0) is 87.3 Å². The number of pyridine rings is 1. The van der Waals surface area contributed by atoms with Gasteiger partial charge in [0.25, 0.3) is 5.91 Å². The maximum absolute atomic E-state index is 13.4. The topological polar surface area (TPSA) is 49.6 Å². The summed E-state index contributed by atoms with van der Waals surface area (Å²) in [7, 11) is 4.05. The van der Waals surface area contributed by atoms with E-state index in [0.717, 1.165) is 47.1 Å². The number of benzene rings is 2. The van der Waals surface area contributed by atoms with Crippen LogP contribution < -0.4 is 0 Å². The van der Waals surface area contributed by atoms with Crippen molar-refractivity contribution in [3.8, 4) is 11.3 Å². The summed E-state index contributed by atoms with van der Waals surface area (Å²) in [5.74, 6) is -0.0279. The van der Waals surface area contributed by atoms with Gasteiger partial charge in [0.1, 0.15) is 6.26 Å². The van der Waals surface area contributed by atoms with Gasteiger partial charge >= 0.3 is 0 Å². The van der Waals surface area contributed by atoms with Gasteiger partial charge in [-0.15, -0.1) is 0 Å². The van der Waals surface area contributed by atoms with Gasteiger partial charge in [-0.3, -0.25) is 4.79 Å². The molecule has 1 amide bonds. The number of rotatable bonds is 7. The van der Waals surface area contributed by atoms with Gasteiger partial charge in [-0.1, -0.05) is 23.8 Å². The van der Waals surface area contributed by atoms with Crippen molar-refractivity contribution < 1.29 is 9.21 Å². The number of amides is 1. The van der Waals surface area contributed by atoms with Crippen LogP contribution in [0.15, 0.2) is 65.5 Å². The molecule has 1 aliphatic carbocycles. The molecule has 0 unspecified atom stereocenters. The predicted molar refractivity (Wildman–Crippen MR) is 136 cm³/mol. The highest BCUT2D eigenvalue weighted by Crippen LogP contribution is 2.32. The van der Waals surface area contributed by atoms with E-state index in [-0.39, 0.29) is 5.91 Å². The van der Waals surface area contributed by atoms with E-state index in [2.05, 4.69) is 54.3 Å². The van der Waals surface area contributed by atoms with Crippen LogP contribution in [0.2, 0.25) is 0 Å². The Morgan fingerprint density at radius 1 is 1.03 bits per heavy atom. The Kier molecular flexibility index (Phi) is 6.20. The summed E-state index contributed by atoms with van der Waals surface area (Å²) in [4.78, 5) is 22.5. The van der Waals surface area contributed by atoms with Gasteiger partial charge < -0.3 is 14.2 Å². The SMILES string of the molecule is Cc1cccc(-c2nc3cc4c(cc3cc2CN(CCN(C)C)C(=O)c2ccoc2)CCC4)c1. The Hall–Kier alpha value is -3.44. The molecule has 0 aliphatic heterocycles. The third-order valence-electron chi connectivity index (χ3n) is 6.63. The number of aromatic nitrogens is 1. The van der Waals surface area contributed by atoms with Crippen molar-refractivity contribution in [1.82, 2.24) is 14.8 Å². The molecule has 0 N–H and O–H groups in total. The van der Waals surface area contributed by atoms with Crippen LogP contribution in [0.1, 0.15) is 39.0 Å². The average molecular weight is 454 g/mol. The lowest BCUT2D eigenvalue weighted by Crippen LogP contribution is -2.36. The first-order valence-electron chi connectivity index (χ1n) is 12.0. The van der Waals surface area contributed by atoms with Crippen molar-refractivity contribution in [2.24, 2.45) is 0 Å². The lowest BCUT2D eigenvalue weighted by molar-refractivity contribution is 0.0731. The number of carbonyl (C=O) groups is 1.